The van der Waals surface area contributed by atoms with E-state index in [1.165, 1.54) is 0 Å². The Morgan fingerprint density at radius 2 is 0.821 bits per heavy atom. The van der Waals surface area contributed by atoms with Gasteiger partial charge in [0.1, 0.15) is 11.4 Å². The number of hydrogen-bond acceptors (Lipinski definition) is 9. The molecule has 0 saturated carbocycles. The highest BCUT2D eigenvalue weighted by Gasteiger charge is 2.04. The Labute approximate surface area is 228 Å². The smallest absolute Gasteiger partial charge is 0.111 e. The lowest BCUT2D eigenvalue weighted by molar-refractivity contribution is -0.0121. The molecule has 0 bridgehead atoms. The summed E-state index contributed by atoms with van der Waals surface area (Å²) in [5, 5.41) is 9.03. The zero-order valence-electron chi connectivity index (χ0n) is 22.1. The van der Waals surface area contributed by atoms with Gasteiger partial charge in [0.2, 0.25) is 0 Å². The maximum absolute atomic E-state index is 5.62. The first-order valence-corrected chi connectivity index (χ1v) is 13.2. The van der Waals surface area contributed by atoms with E-state index in [0.29, 0.717) is 79.2 Å². The molecule has 4 aromatic heterocycles. The first-order valence-electron chi connectivity index (χ1n) is 13.2. The standard InChI is InChI=1S/C28H36N6O5/c1-3-9-29-25(5-1)27-7-11-33(31-27)13-15-35-17-19-37-21-23-39-24-22-38-20-18-36-16-14-34-12-8-28(32-34)26-6-2-4-10-30-26/h1-12H,13-24H2. The van der Waals surface area contributed by atoms with Crippen LogP contribution < -0.4 is 0 Å². The summed E-state index contributed by atoms with van der Waals surface area (Å²) in [5.74, 6) is 0. The van der Waals surface area contributed by atoms with Gasteiger partial charge in [-0.05, 0) is 36.4 Å². The first kappa shape index (κ1) is 28.5. The van der Waals surface area contributed by atoms with Gasteiger partial charge in [0.15, 0.2) is 0 Å². The maximum atomic E-state index is 5.62. The Bertz CT molecular complexity index is 1080. The van der Waals surface area contributed by atoms with E-state index in [1.807, 2.05) is 70.3 Å². The van der Waals surface area contributed by atoms with E-state index in [4.69, 9.17) is 23.7 Å². The lowest BCUT2D eigenvalue weighted by Crippen LogP contribution is -2.14. The van der Waals surface area contributed by atoms with Gasteiger partial charge in [-0.15, -0.1) is 0 Å². The summed E-state index contributed by atoms with van der Waals surface area (Å²) in [4.78, 5) is 8.62. The monoisotopic (exact) mass is 536 g/mol. The SMILES string of the molecule is c1ccc(-c2ccn(CCOCCOCCOCCOCCOCCn3ccc(-c4ccccn4)n3)n2)nc1. The van der Waals surface area contributed by atoms with Crippen molar-refractivity contribution in [2.45, 2.75) is 13.1 Å². The van der Waals surface area contributed by atoms with Crippen LogP contribution in [-0.2, 0) is 36.8 Å². The Morgan fingerprint density at radius 1 is 0.436 bits per heavy atom. The van der Waals surface area contributed by atoms with Crippen molar-refractivity contribution in [1.82, 2.24) is 29.5 Å². The number of rotatable bonds is 20. The van der Waals surface area contributed by atoms with E-state index < -0.39 is 0 Å². The van der Waals surface area contributed by atoms with E-state index in [9.17, 15) is 0 Å². The zero-order valence-corrected chi connectivity index (χ0v) is 22.1. The molecule has 0 atom stereocenters. The highest BCUT2D eigenvalue weighted by atomic mass is 16.6. The Balaban J connectivity index is 0.886. The third-order valence-corrected chi connectivity index (χ3v) is 5.55. The second-order valence-corrected chi connectivity index (χ2v) is 8.42. The molecule has 0 aliphatic carbocycles. The summed E-state index contributed by atoms with van der Waals surface area (Å²) >= 11 is 0. The second kappa shape index (κ2) is 17.2. The Hall–Kier alpha value is -3.48. The van der Waals surface area contributed by atoms with Gasteiger partial charge in [0.05, 0.1) is 90.5 Å². The first-order chi connectivity index (χ1) is 19.4. The predicted octanol–water partition coefficient (Wildman–Crippen LogP) is 2.99. The molecule has 0 spiro atoms. The summed E-state index contributed by atoms with van der Waals surface area (Å²) in [6.07, 6.45) is 7.39. The Kier molecular flexibility index (Phi) is 12.6. The van der Waals surface area contributed by atoms with Gasteiger partial charge in [0, 0.05) is 24.8 Å². The normalized spacial score (nSPS) is 11.3. The Morgan fingerprint density at radius 3 is 1.18 bits per heavy atom. The van der Waals surface area contributed by atoms with Crippen molar-refractivity contribution in [1.29, 1.82) is 0 Å². The van der Waals surface area contributed by atoms with E-state index in [-0.39, 0.29) is 0 Å². The summed E-state index contributed by atoms with van der Waals surface area (Å²) in [6.45, 7) is 6.70. The summed E-state index contributed by atoms with van der Waals surface area (Å²) in [5.41, 5.74) is 3.44. The van der Waals surface area contributed by atoms with Crippen LogP contribution in [0.1, 0.15) is 0 Å². The molecular formula is C28H36N6O5. The highest BCUT2D eigenvalue weighted by Crippen LogP contribution is 2.13. The fraction of sp³-hybridized carbons (Fsp3) is 0.429. The van der Waals surface area contributed by atoms with Crippen molar-refractivity contribution in [3.05, 3.63) is 73.3 Å². The number of nitrogens with zero attached hydrogens (tertiary/aromatic N) is 6. The molecule has 0 saturated heterocycles. The van der Waals surface area contributed by atoms with Crippen LogP contribution in [0.4, 0.5) is 0 Å². The quantitative estimate of drug-likeness (QED) is 0.158. The van der Waals surface area contributed by atoms with Crippen molar-refractivity contribution < 1.29 is 23.7 Å². The van der Waals surface area contributed by atoms with Crippen molar-refractivity contribution in [2.75, 3.05) is 66.1 Å². The molecule has 0 aromatic carbocycles. The second-order valence-electron chi connectivity index (χ2n) is 8.42. The summed E-state index contributed by atoms with van der Waals surface area (Å²) < 4.78 is 31.5. The van der Waals surface area contributed by atoms with Gasteiger partial charge in [-0.2, -0.15) is 10.2 Å². The molecule has 0 aliphatic rings. The van der Waals surface area contributed by atoms with Gasteiger partial charge >= 0.3 is 0 Å². The van der Waals surface area contributed by atoms with Gasteiger partial charge in [0.25, 0.3) is 0 Å². The van der Waals surface area contributed by atoms with Crippen molar-refractivity contribution in [3.8, 4) is 22.8 Å². The van der Waals surface area contributed by atoms with Crippen LogP contribution in [0.5, 0.6) is 0 Å². The van der Waals surface area contributed by atoms with Crippen LogP contribution in [0, 0.1) is 0 Å². The van der Waals surface area contributed by atoms with Crippen LogP contribution >= 0.6 is 0 Å². The van der Waals surface area contributed by atoms with Gasteiger partial charge in [-0.3, -0.25) is 19.3 Å². The van der Waals surface area contributed by atoms with Crippen LogP contribution in [0.25, 0.3) is 22.8 Å². The molecule has 208 valence electrons. The molecule has 0 unspecified atom stereocenters. The van der Waals surface area contributed by atoms with Gasteiger partial charge in [-0.25, -0.2) is 0 Å². The van der Waals surface area contributed by atoms with Gasteiger partial charge in [-0.1, -0.05) is 12.1 Å². The number of ether oxygens (including phenoxy) is 5. The third kappa shape index (κ3) is 10.7. The fourth-order valence-electron chi connectivity index (χ4n) is 3.57. The van der Waals surface area contributed by atoms with Gasteiger partial charge < -0.3 is 23.7 Å². The van der Waals surface area contributed by atoms with E-state index in [1.54, 1.807) is 12.4 Å². The lowest BCUT2D eigenvalue weighted by atomic mass is 10.3. The number of hydrogen-bond donors (Lipinski definition) is 0. The molecular weight excluding hydrogens is 500 g/mol. The molecule has 0 N–H and O–H groups in total. The zero-order chi connectivity index (χ0) is 26.8. The highest BCUT2D eigenvalue weighted by molar-refractivity contribution is 5.53. The number of pyridine rings is 2. The van der Waals surface area contributed by atoms with Crippen LogP contribution in [-0.4, -0.2) is 95.6 Å². The molecule has 0 fully saturated rings. The van der Waals surface area contributed by atoms with E-state index in [0.717, 1.165) is 22.8 Å². The van der Waals surface area contributed by atoms with E-state index in [2.05, 4.69) is 20.2 Å². The topological polar surface area (TPSA) is 108 Å². The fourth-order valence-corrected chi connectivity index (χ4v) is 3.57. The molecule has 4 heterocycles. The molecule has 0 radical (unpaired) electrons. The minimum Gasteiger partial charge on any atom is -0.377 e. The van der Waals surface area contributed by atoms with E-state index >= 15 is 0 Å². The minimum atomic E-state index is 0.522. The van der Waals surface area contributed by atoms with Crippen LogP contribution in [0.3, 0.4) is 0 Å². The lowest BCUT2D eigenvalue weighted by Gasteiger charge is -2.08. The molecule has 0 amide bonds. The molecule has 11 heteroatoms. The molecule has 0 aliphatic heterocycles. The van der Waals surface area contributed by atoms with Crippen molar-refractivity contribution >= 4 is 0 Å². The average molecular weight is 537 g/mol. The molecule has 39 heavy (non-hydrogen) atoms. The number of aromatic nitrogens is 6. The predicted molar refractivity (Wildman–Crippen MR) is 145 cm³/mol. The minimum absolute atomic E-state index is 0.522. The summed E-state index contributed by atoms with van der Waals surface area (Å²) in [7, 11) is 0. The molecule has 4 rings (SSSR count). The van der Waals surface area contributed by atoms with Crippen molar-refractivity contribution in [3.63, 3.8) is 0 Å². The summed E-state index contributed by atoms with van der Waals surface area (Å²) in [6, 6.07) is 15.5. The third-order valence-electron chi connectivity index (χ3n) is 5.55. The molecule has 11 nitrogen and oxygen atoms in total. The van der Waals surface area contributed by atoms with Crippen LogP contribution in [0.15, 0.2) is 73.3 Å². The average Bonchev–Trinajstić information content (AvgIpc) is 3.66. The largest absolute Gasteiger partial charge is 0.377 e. The van der Waals surface area contributed by atoms with Crippen molar-refractivity contribution in [2.24, 2.45) is 0 Å². The molecule has 4 aromatic rings. The van der Waals surface area contributed by atoms with Crippen LogP contribution in [0.2, 0.25) is 0 Å². The maximum Gasteiger partial charge on any atom is 0.111 e.